The Balaban J connectivity index is 1.70. The number of hydrogen-bond donors (Lipinski definition) is 1. The minimum atomic E-state index is 0.0229. The molecule has 1 amide bonds. The summed E-state index contributed by atoms with van der Waals surface area (Å²) >= 11 is 12.6. The topological polar surface area (TPSA) is 59.4 Å². The molecule has 1 saturated heterocycles. The second-order valence-electron chi connectivity index (χ2n) is 6.23. The molecule has 0 aliphatic carbocycles. The lowest BCUT2D eigenvalue weighted by Crippen LogP contribution is -2.42. The molecule has 0 unspecified atom stereocenters. The van der Waals surface area contributed by atoms with Crippen molar-refractivity contribution in [3.8, 4) is 0 Å². The number of nitrogens with one attached hydrogen (secondary N) is 1. The number of fused-ring (bicyclic) bond motifs is 1. The Morgan fingerprint density at radius 1 is 1.07 bits per heavy atom. The molecule has 1 aromatic heterocycles. The fourth-order valence-electron chi connectivity index (χ4n) is 3.11. The van der Waals surface area contributed by atoms with Crippen molar-refractivity contribution in [1.29, 1.82) is 0 Å². The van der Waals surface area contributed by atoms with Gasteiger partial charge in [-0.2, -0.15) is 0 Å². The number of morpholine rings is 1. The third kappa shape index (κ3) is 3.74. The Labute approximate surface area is 166 Å². The van der Waals surface area contributed by atoms with Crippen molar-refractivity contribution in [2.75, 3.05) is 31.6 Å². The minimum absolute atomic E-state index is 0.0229. The normalized spacial score (nSPS) is 14.5. The highest BCUT2D eigenvalue weighted by Crippen LogP contribution is 2.33. The SMILES string of the molecule is O=C(Cn1c(Nc2c(Cl)cccc2Cl)nc2ccccc21)N1CCOCC1. The number of carbonyl (C=O) groups excluding carboxylic acids is 1. The van der Waals surface area contributed by atoms with E-state index in [9.17, 15) is 4.79 Å². The van der Waals surface area contributed by atoms with Gasteiger partial charge in [0.05, 0.1) is 40.0 Å². The fraction of sp³-hybridized carbons (Fsp3) is 0.263. The van der Waals surface area contributed by atoms with Gasteiger partial charge in [0.1, 0.15) is 6.54 Å². The van der Waals surface area contributed by atoms with Crippen LogP contribution in [0.3, 0.4) is 0 Å². The van der Waals surface area contributed by atoms with E-state index in [1.165, 1.54) is 0 Å². The molecular formula is C19H18Cl2N4O2. The molecule has 1 N–H and O–H groups in total. The zero-order chi connectivity index (χ0) is 18.8. The zero-order valence-electron chi connectivity index (χ0n) is 14.5. The average Bonchev–Trinajstić information content (AvgIpc) is 3.03. The van der Waals surface area contributed by atoms with Crippen LogP contribution in [0.1, 0.15) is 0 Å². The lowest BCUT2D eigenvalue weighted by Gasteiger charge is -2.27. The molecule has 0 radical (unpaired) electrons. The summed E-state index contributed by atoms with van der Waals surface area (Å²) in [6.07, 6.45) is 0. The van der Waals surface area contributed by atoms with E-state index in [1.807, 2.05) is 33.7 Å². The summed E-state index contributed by atoms with van der Waals surface area (Å²) in [6, 6.07) is 13.0. The molecule has 6 nitrogen and oxygen atoms in total. The molecule has 3 aromatic rings. The van der Waals surface area contributed by atoms with Crippen molar-refractivity contribution in [3.63, 3.8) is 0 Å². The highest BCUT2D eigenvalue weighted by atomic mass is 35.5. The van der Waals surface area contributed by atoms with Crippen LogP contribution in [0.5, 0.6) is 0 Å². The Hall–Kier alpha value is -2.28. The van der Waals surface area contributed by atoms with E-state index in [2.05, 4.69) is 10.3 Å². The first-order valence-corrected chi connectivity index (χ1v) is 9.41. The first-order chi connectivity index (χ1) is 13.1. The van der Waals surface area contributed by atoms with Crippen molar-refractivity contribution >= 4 is 51.8 Å². The largest absolute Gasteiger partial charge is 0.378 e. The minimum Gasteiger partial charge on any atom is -0.378 e. The standard InChI is InChI=1S/C19H18Cl2N4O2/c20-13-4-3-5-14(21)18(13)23-19-22-15-6-1-2-7-16(15)25(19)12-17(26)24-8-10-27-11-9-24/h1-7H,8-12H2,(H,22,23). The number of imidazole rings is 1. The molecule has 1 aliphatic heterocycles. The van der Waals surface area contributed by atoms with Crippen LogP contribution < -0.4 is 5.32 Å². The van der Waals surface area contributed by atoms with Gasteiger partial charge in [0.2, 0.25) is 11.9 Å². The number of hydrogen-bond acceptors (Lipinski definition) is 4. The molecule has 1 aliphatic rings. The lowest BCUT2D eigenvalue weighted by atomic mass is 10.3. The number of benzene rings is 2. The molecule has 2 aromatic carbocycles. The van der Waals surface area contributed by atoms with Gasteiger partial charge in [-0.1, -0.05) is 41.4 Å². The van der Waals surface area contributed by atoms with E-state index in [-0.39, 0.29) is 12.5 Å². The number of ether oxygens (including phenoxy) is 1. The van der Waals surface area contributed by atoms with Crippen molar-refractivity contribution in [2.45, 2.75) is 6.54 Å². The predicted octanol–water partition coefficient (Wildman–Crippen LogP) is 3.95. The van der Waals surface area contributed by atoms with Gasteiger partial charge in [-0.05, 0) is 24.3 Å². The smallest absolute Gasteiger partial charge is 0.242 e. The predicted molar refractivity (Wildman–Crippen MR) is 107 cm³/mol. The molecular weight excluding hydrogens is 387 g/mol. The number of carbonyl (C=O) groups is 1. The summed E-state index contributed by atoms with van der Waals surface area (Å²) in [4.78, 5) is 19.2. The number of rotatable bonds is 4. The Kier molecular flexibility index (Phi) is 5.20. The molecule has 0 spiro atoms. The van der Waals surface area contributed by atoms with E-state index in [0.29, 0.717) is 48.0 Å². The maximum Gasteiger partial charge on any atom is 0.242 e. The van der Waals surface area contributed by atoms with E-state index >= 15 is 0 Å². The monoisotopic (exact) mass is 404 g/mol. The molecule has 27 heavy (non-hydrogen) atoms. The van der Waals surface area contributed by atoms with Gasteiger partial charge in [0.15, 0.2) is 0 Å². The van der Waals surface area contributed by atoms with Gasteiger partial charge in [0.25, 0.3) is 0 Å². The Morgan fingerprint density at radius 3 is 2.52 bits per heavy atom. The van der Waals surface area contributed by atoms with Crippen LogP contribution in [-0.4, -0.2) is 46.7 Å². The van der Waals surface area contributed by atoms with Crippen LogP contribution in [0.4, 0.5) is 11.6 Å². The highest BCUT2D eigenvalue weighted by molar-refractivity contribution is 6.39. The summed E-state index contributed by atoms with van der Waals surface area (Å²) in [5, 5.41) is 4.17. The van der Waals surface area contributed by atoms with Crippen LogP contribution in [-0.2, 0) is 16.1 Å². The van der Waals surface area contributed by atoms with Crippen LogP contribution >= 0.6 is 23.2 Å². The first-order valence-electron chi connectivity index (χ1n) is 8.65. The van der Waals surface area contributed by atoms with E-state index in [0.717, 1.165) is 11.0 Å². The second-order valence-corrected chi connectivity index (χ2v) is 7.04. The fourth-order valence-corrected chi connectivity index (χ4v) is 3.60. The van der Waals surface area contributed by atoms with Crippen molar-refractivity contribution in [1.82, 2.24) is 14.5 Å². The number of halogens is 2. The molecule has 8 heteroatoms. The third-order valence-corrected chi connectivity index (χ3v) is 5.14. The molecule has 4 rings (SSSR count). The molecule has 1 fully saturated rings. The van der Waals surface area contributed by atoms with Gasteiger partial charge in [-0.15, -0.1) is 0 Å². The molecule has 0 atom stereocenters. The van der Waals surface area contributed by atoms with E-state index in [4.69, 9.17) is 27.9 Å². The maximum atomic E-state index is 12.8. The molecule has 140 valence electrons. The van der Waals surface area contributed by atoms with Gasteiger partial charge in [-0.25, -0.2) is 4.98 Å². The van der Waals surface area contributed by atoms with Crippen molar-refractivity contribution < 1.29 is 9.53 Å². The summed E-state index contributed by atoms with van der Waals surface area (Å²) in [7, 11) is 0. The van der Waals surface area contributed by atoms with Crippen molar-refractivity contribution in [3.05, 3.63) is 52.5 Å². The van der Waals surface area contributed by atoms with E-state index in [1.54, 1.807) is 18.2 Å². The second kappa shape index (κ2) is 7.76. The third-order valence-electron chi connectivity index (χ3n) is 4.51. The van der Waals surface area contributed by atoms with Gasteiger partial charge in [0, 0.05) is 13.1 Å². The number of nitrogens with zero attached hydrogens (tertiary/aromatic N) is 3. The average molecular weight is 405 g/mol. The lowest BCUT2D eigenvalue weighted by molar-refractivity contribution is -0.135. The number of para-hydroxylation sites is 3. The summed E-state index contributed by atoms with van der Waals surface area (Å²) in [6.45, 7) is 2.51. The highest BCUT2D eigenvalue weighted by Gasteiger charge is 2.21. The number of aromatic nitrogens is 2. The zero-order valence-corrected chi connectivity index (χ0v) is 16.0. The number of anilines is 2. The first kappa shape index (κ1) is 18.1. The summed E-state index contributed by atoms with van der Waals surface area (Å²) in [5.74, 6) is 0.544. The van der Waals surface area contributed by atoms with Crippen LogP contribution in [0.15, 0.2) is 42.5 Å². The van der Waals surface area contributed by atoms with Crippen molar-refractivity contribution in [2.24, 2.45) is 0 Å². The Morgan fingerprint density at radius 2 is 1.78 bits per heavy atom. The molecule has 0 saturated carbocycles. The Bertz CT molecular complexity index is 963. The van der Waals surface area contributed by atoms with Gasteiger partial charge < -0.3 is 19.5 Å². The molecule has 0 bridgehead atoms. The van der Waals surface area contributed by atoms with Gasteiger partial charge in [-0.3, -0.25) is 4.79 Å². The van der Waals surface area contributed by atoms with Crippen LogP contribution in [0, 0.1) is 0 Å². The summed E-state index contributed by atoms with van der Waals surface area (Å²) in [5.41, 5.74) is 2.22. The maximum absolute atomic E-state index is 12.8. The van der Waals surface area contributed by atoms with Crippen LogP contribution in [0.2, 0.25) is 10.0 Å². The quantitative estimate of drug-likeness (QED) is 0.714. The van der Waals surface area contributed by atoms with E-state index < -0.39 is 0 Å². The van der Waals surface area contributed by atoms with Gasteiger partial charge >= 0.3 is 0 Å². The number of amides is 1. The molecule has 2 heterocycles. The summed E-state index contributed by atoms with van der Waals surface area (Å²) < 4.78 is 7.18. The van der Waals surface area contributed by atoms with Crippen LogP contribution in [0.25, 0.3) is 11.0 Å².